The van der Waals surface area contributed by atoms with E-state index in [2.05, 4.69) is 0 Å². The molecule has 0 radical (unpaired) electrons. The molecule has 3 aromatic rings. The Hall–Kier alpha value is -2.95. The molecule has 0 unspecified atom stereocenters. The Balaban J connectivity index is 2.52. The van der Waals surface area contributed by atoms with Crippen LogP contribution in [-0.2, 0) is 4.74 Å². The molecule has 3 aromatic carbocycles. The molecule has 3 rings (SSSR count). The van der Waals surface area contributed by atoms with Gasteiger partial charge in [0, 0.05) is 10.8 Å². The van der Waals surface area contributed by atoms with Gasteiger partial charge in [-0.2, -0.15) is 0 Å². The van der Waals surface area contributed by atoms with Crippen molar-refractivity contribution < 1.29 is 23.7 Å². The lowest BCUT2D eigenvalue weighted by atomic mass is 9.96. The second-order valence-corrected chi connectivity index (χ2v) is 5.22. The molecule has 124 valence electrons. The third-order valence-electron chi connectivity index (χ3n) is 4.08. The highest BCUT2D eigenvalue weighted by Gasteiger charge is 2.18. The topological polar surface area (TPSA) is 54.0 Å². The number of hydrogen-bond acceptors (Lipinski definition) is 5. The summed E-state index contributed by atoms with van der Waals surface area (Å²) in [6.07, 6.45) is 0. The van der Waals surface area contributed by atoms with Crippen molar-refractivity contribution >= 4 is 27.5 Å². The maximum absolute atomic E-state index is 12.3. The van der Waals surface area contributed by atoms with Crippen LogP contribution in [0.1, 0.15) is 10.4 Å². The minimum Gasteiger partial charge on any atom is -0.496 e. The number of benzene rings is 3. The van der Waals surface area contributed by atoms with E-state index in [4.69, 9.17) is 18.9 Å². The second kappa shape index (κ2) is 6.28. The van der Waals surface area contributed by atoms with Gasteiger partial charge in [-0.3, -0.25) is 0 Å². The number of ether oxygens (including phenoxy) is 4. The van der Waals surface area contributed by atoms with Crippen LogP contribution in [0.25, 0.3) is 21.5 Å². The van der Waals surface area contributed by atoms with Crippen LogP contribution in [0.5, 0.6) is 17.2 Å². The predicted octanol–water partition coefficient (Wildman–Crippen LogP) is 3.81. The predicted molar refractivity (Wildman–Crippen MR) is 92.4 cm³/mol. The number of rotatable bonds is 4. The Morgan fingerprint density at radius 2 is 1.33 bits per heavy atom. The molecule has 0 fully saturated rings. The van der Waals surface area contributed by atoms with Gasteiger partial charge < -0.3 is 18.9 Å². The molecule has 0 N–H and O–H groups in total. The monoisotopic (exact) mass is 326 g/mol. The molecular formula is C19H18O5. The number of fused-ring (bicyclic) bond motifs is 3. The summed E-state index contributed by atoms with van der Waals surface area (Å²) in [5.74, 6) is 1.42. The van der Waals surface area contributed by atoms with Crippen LogP contribution in [0.15, 0.2) is 36.4 Å². The Kier molecular flexibility index (Phi) is 4.16. The van der Waals surface area contributed by atoms with Crippen LogP contribution >= 0.6 is 0 Å². The SMILES string of the molecule is COC(=O)c1cc2c(OC)cccc2c2cc(OC)c(OC)cc12. The molecule has 0 aliphatic heterocycles. The van der Waals surface area contributed by atoms with Crippen LogP contribution in [0.4, 0.5) is 0 Å². The number of carbonyl (C=O) groups is 1. The maximum atomic E-state index is 12.3. The first-order valence-electron chi connectivity index (χ1n) is 7.38. The van der Waals surface area contributed by atoms with Gasteiger partial charge in [-0.15, -0.1) is 0 Å². The molecule has 0 aliphatic rings. The largest absolute Gasteiger partial charge is 0.496 e. The average Bonchev–Trinajstić information content (AvgIpc) is 2.64. The number of carbonyl (C=O) groups excluding carboxylic acids is 1. The van der Waals surface area contributed by atoms with Crippen LogP contribution in [0, 0.1) is 0 Å². The van der Waals surface area contributed by atoms with Crippen molar-refractivity contribution in [2.45, 2.75) is 0 Å². The summed E-state index contributed by atoms with van der Waals surface area (Å²) in [7, 11) is 6.11. The van der Waals surface area contributed by atoms with E-state index in [-0.39, 0.29) is 0 Å². The lowest BCUT2D eigenvalue weighted by molar-refractivity contribution is 0.0603. The quantitative estimate of drug-likeness (QED) is 0.539. The molecule has 0 amide bonds. The molecule has 0 aromatic heterocycles. The smallest absolute Gasteiger partial charge is 0.338 e. The Morgan fingerprint density at radius 3 is 1.92 bits per heavy atom. The third kappa shape index (κ3) is 2.38. The van der Waals surface area contributed by atoms with Gasteiger partial charge >= 0.3 is 5.97 Å². The molecular weight excluding hydrogens is 308 g/mol. The van der Waals surface area contributed by atoms with E-state index in [9.17, 15) is 4.79 Å². The van der Waals surface area contributed by atoms with Crippen molar-refractivity contribution in [3.05, 3.63) is 42.0 Å². The van der Waals surface area contributed by atoms with Gasteiger partial charge in [0.25, 0.3) is 0 Å². The van der Waals surface area contributed by atoms with Crippen LogP contribution in [0.3, 0.4) is 0 Å². The zero-order chi connectivity index (χ0) is 17.3. The van der Waals surface area contributed by atoms with E-state index in [1.807, 2.05) is 24.3 Å². The summed E-state index contributed by atoms with van der Waals surface area (Å²) < 4.78 is 21.2. The third-order valence-corrected chi connectivity index (χ3v) is 4.08. The number of esters is 1. The molecule has 0 bridgehead atoms. The number of hydrogen-bond donors (Lipinski definition) is 0. The van der Waals surface area contributed by atoms with Crippen LogP contribution in [-0.4, -0.2) is 34.4 Å². The fourth-order valence-corrected chi connectivity index (χ4v) is 2.93. The van der Waals surface area contributed by atoms with Crippen molar-refractivity contribution in [2.24, 2.45) is 0 Å². The number of methoxy groups -OCH3 is 4. The van der Waals surface area contributed by atoms with Crippen molar-refractivity contribution in [1.82, 2.24) is 0 Å². The fraction of sp³-hybridized carbons (Fsp3) is 0.211. The van der Waals surface area contributed by atoms with E-state index in [1.165, 1.54) is 7.11 Å². The van der Waals surface area contributed by atoms with E-state index >= 15 is 0 Å². The molecule has 0 aliphatic carbocycles. The zero-order valence-corrected chi connectivity index (χ0v) is 14.0. The molecule has 0 saturated heterocycles. The van der Waals surface area contributed by atoms with E-state index in [1.54, 1.807) is 33.5 Å². The van der Waals surface area contributed by atoms with Crippen molar-refractivity contribution in [1.29, 1.82) is 0 Å². The minimum atomic E-state index is -0.417. The molecule has 0 saturated carbocycles. The van der Waals surface area contributed by atoms with Crippen molar-refractivity contribution in [2.75, 3.05) is 28.4 Å². The normalized spacial score (nSPS) is 10.7. The minimum absolute atomic E-state index is 0.417. The Bertz CT molecular complexity index is 930. The highest BCUT2D eigenvalue weighted by Crippen LogP contribution is 2.40. The molecule has 5 nitrogen and oxygen atoms in total. The summed E-state index contributed by atoms with van der Waals surface area (Å²) in [4.78, 5) is 12.3. The van der Waals surface area contributed by atoms with Gasteiger partial charge in [-0.25, -0.2) is 4.79 Å². The van der Waals surface area contributed by atoms with Crippen LogP contribution in [0.2, 0.25) is 0 Å². The second-order valence-electron chi connectivity index (χ2n) is 5.22. The van der Waals surface area contributed by atoms with E-state index in [0.29, 0.717) is 22.8 Å². The zero-order valence-electron chi connectivity index (χ0n) is 14.0. The highest BCUT2D eigenvalue weighted by atomic mass is 16.5. The summed E-state index contributed by atoms with van der Waals surface area (Å²) in [6, 6.07) is 11.2. The van der Waals surface area contributed by atoms with Crippen molar-refractivity contribution in [3.63, 3.8) is 0 Å². The lowest BCUT2D eigenvalue weighted by Crippen LogP contribution is -2.03. The maximum Gasteiger partial charge on any atom is 0.338 e. The molecule has 0 heterocycles. The summed E-state index contributed by atoms with van der Waals surface area (Å²) in [6.45, 7) is 0. The summed E-state index contributed by atoms with van der Waals surface area (Å²) in [5, 5.41) is 3.39. The molecule has 0 atom stereocenters. The molecule has 5 heteroatoms. The standard InChI is InChI=1S/C19H18O5/c1-21-16-7-5-6-11-12-9-17(22-2)18(23-3)10-13(12)15(8-14(11)16)19(20)24-4/h5-10H,1-4H3. The van der Waals surface area contributed by atoms with Gasteiger partial charge in [0.05, 0.1) is 34.0 Å². The van der Waals surface area contributed by atoms with Gasteiger partial charge in [-0.05, 0) is 35.0 Å². The van der Waals surface area contributed by atoms with E-state index in [0.717, 1.165) is 21.5 Å². The van der Waals surface area contributed by atoms with Gasteiger partial charge in [0.15, 0.2) is 11.5 Å². The molecule has 24 heavy (non-hydrogen) atoms. The van der Waals surface area contributed by atoms with Gasteiger partial charge in [-0.1, -0.05) is 12.1 Å². The van der Waals surface area contributed by atoms with E-state index < -0.39 is 5.97 Å². The van der Waals surface area contributed by atoms with Crippen LogP contribution < -0.4 is 14.2 Å². The average molecular weight is 326 g/mol. The lowest BCUT2D eigenvalue weighted by Gasteiger charge is -2.15. The fourth-order valence-electron chi connectivity index (χ4n) is 2.93. The first-order chi connectivity index (χ1) is 11.6. The summed E-state index contributed by atoms with van der Waals surface area (Å²) >= 11 is 0. The first kappa shape index (κ1) is 15.9. The summed E-state index contributed by atoms with van der Waals surface area (Å²) in [5.41, 5.74) is 0.449. The Labute approximate surface area is 139 Å². The molecule has 0 spiro atoms. The van der Waals surface area contributed by atoms with Gasteiger partial charge in [0.1, 0.15) is 5.75 Å². The van der Waals surface area contributed by atoms with Gasteiger partial charge in [0.2, 0.25) is 0 Å². The first-order valence-corrected chi connectivity index (χ1v) is 7.38. The Morgan fingerprint density at radius 1 is 0.708 bits per heavy atom. The highest BCUT2D eigenvalue weighted by molar-refractivity contribution is 6.17. The van der Waals surface area contributed by atoms with Crippen molar-refractivity contribution in [3.8, 4) is 17.2 Å².